The molecule has 5 N–H and O–H groups in total. The molecule has 0 bridgehead atoms. The minimum Gasteiger partial charge on any atom is -0.480 e. The van der Waals surface area contributed by atoms with Crippen LogP contribution >= 0.6 is 0 Å². The molecule has 21 heavy (non-hydrogen) atoms. The van der Waals surface area contributed by atoms with E-state index >= 15 is 0 Å². The summed E-state index contributed by atoms with van der Waals surface area (Å²) >= 11 is 0. The molecule has 1 aromatic heterocycles. The van der Waals surface area contributed by atoms with Crippen LogP contribution in [-0.2, 0) is 10.0 Å². The number of nitrogens with one attached hydrogen (secondary N) is 1. The van der Waals surface area contributed by atoms with Gasteiger partial charge in [0.25, 0.3) is 10.0 Å². The van der Waals surface area contributed by atoms with Crippen molar-refractivity contribution in [3.63, 3.8) is 0 Å². The zero-order chi connectivity index (χ0) is 15.9. The summed E-state index contributed by atoms with van der Waals surface area (Å²) in [6.07, 6.45) is 0. The standard InChI is InChI=1S/C11H12N4O3S.H2O2/c1-18-11-7-6-10(13-14-11)15-19(16,17)9-4-2-8(12)3-5-9;1-2/h2-7H,12H2,1H3,(H,13,15);1-2H. The van der Waals surface area contributed by atoms with E-state index in [0.29, 0.717) is 11.6 Å². The van der Waals surface area contributed by atoms with E-state index in [9.17, 15) is 8.42 Å². The average molecular weight is 314 g/mol. The van der Waals surface area contributed by atoms with Crippen LogP contribution in [0.1, 0.15) is 0 Å². The highest BCUT2D eigenvalue weighted by molar-refractivity contribution is 7.92. The summed E-state index contributed by atoms with van der Waals surface area (Å²) in [6.45, 7) is 0. The Bertz CT molecular complexity index is 658. The van der Waals surface area contributed by atoms with Gasteiger partial charge >= 0.3 is 0 Å². The van der Waals surface area contributed by atoms with Crippen molar-refractivity contribution in [2.24, 2.45) is 0 Å². The van der Waals surface area contributed by atoms with E-state index in [-0.39, 0.29) is 10.7 Å². The number of hydrogen-bond donors (Lipinski definition) is 4. The largest absolute Gasteiger partial charge is 0.480 e. The normalized spacial score (nSPS) is 10.2. The summed E-state index contributed by atoms with van der Waals surface area (Å²) < 4.78 is 31.2. The van der Waals surface area contributed by atoms with Crippen molar-refractivity contribution in [2.45, 2.75) is 4.90 Å². The van der Waals surface area contributed by atoms with Crippen molar-refractivity contribution < 1.29 is 23.7 Å². The van der Waals surface area contributed by atoms with Gasteiger partial charge in [0.05, 0.1) is 12.0 Å². The van der Waals surface area contributed by atoms with E-state index in [4.69, 9.17) is 21.0 Å². The number of ether oxygens (including phenoxy) is 1. The van der Waals surface area contributed by atoms with Gasteiger partial charge < -0.3 is 10.5 Å². The fourth-order valence-electron chi connectivity index (χ4n) is 1.33. The van der Waals surface area contributed by atoms with Crippen molar-refractivity contribution in [2.75, 3.05) is 17.6 Å². The van der Waals surface area contributed by atoms with Crippen molar-refractivity contribution in [3.05, 3.63) is 36.4 Å². The molecule has 0 saturated carbocycles. The Labute approximate surface area is 121 Å². The number of sulfonamides is 1. The second-order valence-corrected chi connectivity index (χ2v) is 5.32. The molecule has 10 heteroatoms. The van der Waals surface area contributed by atoms with E-state index < -0.39 is 10.0 Å². The number of benzene rings is 1. The van der Waals surface area contributed by atoms with Gasteiger partial charge in [0.1, 0.15) is 0 Å². The smallest absolute Gasteiger partial charge is 0.263 e. The lowest BCUT2D eigenvalue weighted by Crippen LogP contribution is -2.14. The SMILES string of the molecule is COc1ccc(NS(=O)(=O)c2ccc(N)cc2)nn1.OO. The number of methoxy groups -OCH3 is 1. The van der Waals surface area contributed by atoms with Crippen molar-refractivity contribution in [1.82, 2.24) is 10.2 Å². The predicted octanol–water partition coefficient (Wildman–Crippen LogP) is 0.886. The minimum atomic E-state index is -3.70. The second-order valence-electron chi connectivity index (χ2n) is 3.64. The van der Waals surface area contributed by atoms with E-state index in [1.807, 2.05) is 0 Å². The van der Waals surface area contributed by atoms with E-state index in [1.54, 1.807) is 0 Å². The minimum absolute atomic E-state index is 0.0966. The topological polar surface area (TPSA) is 148 Å². The van der Waals surface area contributed by atoms with Gasteiger partial charge in [-0.3, -0.25) is 15.2 Å². The molecule has 0 radical (unpaired) electrons. The predicted molar refractivity (Wildman–Crippen MR) is 75.5 cm³/mol. The summed E-state index contributed by atoms with van der Waals surface area (Å²) in [5, 5.41) is 19.4. The molecule has 0 atom stereocenters. The van der Waals surface area contributed by atoms with Crippen molar-refractivity contribution >= 4 is 21.5 Å². The van der Waals surface area contributed by atoms with Crippen LogP contribution < -0.4 is 15.2 Å². The average Bonchev–Trinajstić information content (AvgIpc) is 2.50. The Kier molecular flexibility index (Phi) is 5.84. The molecule has 0 aliphatic carbocycles. The van der Waals surface area contributed by atoms with E-state index in [0.717, 1.165) is 0 Å². The molecule has 2 rings (SSSR count). The van der Waals surface area contributed by atoms with Crippen LogP contribution in [0.25, 0.3) is 0 Å². The number of anilines is 2. The van der Waals surface area contributed by atoms with Crippen LogP contribution in [0.5, 0.6) is 5.88 Å². The number of nitrogens with two attached hydrogens (primary N) is 1. The molecule has 9 nitrogen and oxygen atoms in total. The third-order valence-corrected chi connectivity index (χ3v) is 3.65. The molecule has 1 aromatic carbocycles. The maximum atomic E-state index is 12.0. The number of nitrogen functional groups attached to an aromatic ring is 1. The lowest BCUT2D eigenvalue weighted by Gasteiger charge is -2.07. The first-order valence-electron chi connectivity index (χ1n) is 5.47. The van der Waals surface area contributed by atoms with Gasteiger partial charge in [-0.2, -0.15) is 0 Å². The zero-order valence-corrected chi connectivity index (χ0v) is 11.8. The molecule has 1 heterocycles. The summed E-state index contributed by atoms with van der Waals surface area (Å²) in [6, 6.07) is 8.81. The Hall–Kier alpha value is -2.43. The first-order valence-corrected chi connectivity index (χ1v) is 6.96. The van der Waals surface area contributed by atoms with Crippen molar-refractivity contribution in [1.29, 1.82) is 0 Å². The Morgan fingerprint density at radius 1 is 1.10 bits per heavy atom. The molecule has 114 valence electrons. The highest BCUT2D eigenvalue weighted by Gasteiger charge is 2.14. The molecule has 2 aromatic rings. The third kappa shape index (κ3) is 4.56. The summed E-state index contributed by atoms with van der Waals surface area (Å²) in [4.78, 5) is 0.0966. The lowest BCUT2D eigenvalue weighted by molar-refractivity contribution is -0.176. The molecular weight excluding hydrogens is 300 g/mol. The zero-order valence-electron chi connectivity index (χ0n) is 11.0. The molecule has 0 aliphatic rings. The Balaban J connectivity index is 0.00000106. The van der Waals surface area contributed by atoms with Crippen LogP contribution in [0.3, 0.4) is 0 Å². The molecule has 0 saturated heterocycles. The molecule has 0 fully saturated rings. The quantitative estimate of drug-likeness (QED) is 0.369. The van der Waals surface area contributed by atoms with Crippen LogP contribution in [0.4, 0.5) is 11.5 Å². The monoisotopic (exact) mass is 314 g/mol. The Morgan fingerprint density at radius 2 is 1.71 bits per heavy atom. The van der Waals surface area contributed by atoms with Crippen LogP contribution in [0, 0.1) is 0 Å². The number of nitrogens with zero attached hydrogens (tertiary/aromatic N) is 2. The fraction of sp³-hybridized carbons (Fsp3) is 0.0909. The van der Waals surface area contributed by atoms with Gasteiger partial charge in [0.15, 0.2) is 5.82 Å². The van der Waals surface area contributed by atoms with Gasteiger partial charge in [0, 0.05) is 11.8 Å². The van der Waals surface area contributed by atoms with E-state index in [1.165, 1.54) is 43.5 Å². The number of hydrogen-bond acceptors (Lipinski definition) is 8. The highest BCUT2D eigenvalue weighted by Crippen LogP contribution is 2.16. The summed E-state index contributed by atoms with van der Waals surface area (Å²) in [5.41, 5.74) is 5.99. The molecule has 0 aliphatic heterocycles. The molecule has 0 unspecified atom stereocenters. The second kappa shape index (κ2) is 7.38. The number of rotatable bonds is 4. The van der Waals surface area contributed by atoms with Crippen LogP contribution in [0.15, 0.2) is 41.3 Å². The Morgan fingerprint density at radius 3 is 2.19 bits per heavy atom. The van der Waals surface area contributed by atoms with Gasteiger partial charge in [-0.15, -0.1) is 10.2 Å². The first-order chi connectivity index (χ1) is 10.0. The van der Waals surface area contributed by atoms with Crippen molar-refractivity contribution in [3.8, 4) is 5.88 Å². The number of aromatic nitrogens is 2. The third-order valence-electron chi connectivity index (χ3n) is 2.28. The lowest BCUT2D eigenvalue weighted by atomic mass is 10.3. The maximum Gasteiger partial charge on any atom is 0.263 e. The molecule has 0 spiro atoms. The van der Waals surface area contributed by atoms with Gasteiger partial charge in [-0.05, 0) is 30.3 Å². The fourth-order valence-corrected chi connectivity index (χ4v) is 2.32. The summed E-state index contributed by atoms with van der Waals surface area (Å²) in [7, 11) is -2.25. The highest BCUT2D eigenvalue weighted by atomic mass is 32.2. The van der Waals surface area contributed by atoms with Crippen LogP contribution in [-0.4, -0.2) is 36.2 Å². The summed E-state index contributed by atoms with van der Waals surface area (Å²) in [5.74, 6) is 0.410. The van der Waals surface area contributed by atoms with Gasteiger partial charge in [0.2, 0.25) is 5.88 Å². The van der Waals surface area contributed by atoms with Crippen LogP contribution in [0.2, 0.25) is 0 Å². The van der Waals surface area contributed by atoms with Gasteiger partial charge in [-0.1, -0.05) is 0 Å². The maximum absolute atomic E-state index is 12.0. The first kappa shape index (κ1) is 16.6. The van der Waals surface area contributed by atoms with E-state index in [2.05, 4.69) is 14.9 Å². The molecular formula is C11H14N4O5S. The van der Waals surface area contributed by atoms with Gasteiger partial charge in [-0.25, -0.2) is 8.42 Å². The molecule has 0 amide bonds.